The SMILES string of the molecule is CCCN(C(=O)CC)N1C(=O)CCC1=O. The maximum absolute atomic E-state index is 11.6. The zero-order chi connectivity index (χ0) is 11.4. The van der Waals surface area contributed by atoms with Crippen LogP contribution in [0.25, 0.3) is 0 Å². The Labute approximate surface area is 89.0 Å². The molecule has 84 valence electrons. The van der Waals surface area contributed by atoms with Crippen molar-refractivity contribution in [2.45, 2.75) is 39.5 Å². The van der Waals surface area contributed by atoms with Crippen molar-refractivity contribution in [3.05, 3.63) is 0 Å². The molecule has 0 spiro atoms. The van der Waals surface area contributed by atoms with Crippen LogP contribution in [-0.2, 0) is 14.4 Å². The third-order valence-electron chi connectivity index (χ3n) is 2.29. The van der Waals surface area contributed by atoms with Crippen molar-refractivity contribution in [2.24, 2.45) is 0 Å². The van der Waals surface area contributed by atoms with Crippen molar-refractivity contribution >= 4 is 17.7 Å². The largest absolute Gasteiger partial charge is 0.273 e. The molecule has 1 fully saturated rings. The third-order valence-corrected chi connectivity index (χ3v) is 2.29. The van der Waals surface area contributed by atoms with Gasteiger partial charge < -0.3 is 0 Å². The van der Waals surface area contributed by atoms with Gasteiger partial charge in [0.05, 0.1) is 0 Å². The number of carbonyl (C=O) groups excluding carboxylic acids is 3. The van der Waals surface area contributed by atoms with Crippen molar-refractivity contribution in [3.63, 3.8) is 0 Å². The molecular weight excluding hydrogens is 196 g/mol. The average Bonchev–Trinajstić information content (AvgIpc) is 2.55. The Balaban J connectivity index is 2.82. The summed E-state index contributed by atoms with van der Waals surface area (Å²) in [6, 6.07) is 0. The van der Waals surface area contributed by atoms with Gasteiger partial charge in [0.2, 0.25) is 17.7 Å². The van der Waals surface area contributed by atoms with Crippen molar-refractivity contribution in [1.29, 1.82) is 0 Å². The molecule has 0 radical (unpaired) electrons. The fourth-order valence-corrected chi connectivity index (χ4v) is 1.56. The Morgan fingerprint density at radius 3 is 2.20 bits per heavy atom. The van der Waals surface area contributed by atoms with E-state index < -0.39 is 0 Å². The lowest BCUT2D eigenvalue weighted by molar-refractivity contribution is -0.168. The summed E-state index contributed by atoms with van der Waals surface area (Å²) in [6.45, 7) is 4.04. The molecule has 3 amide bonds. The van der Waals surface area contributed by atoms with Gasteiger partial charge in [0.15, 0.2) is 0 Å². The summed E-state index contributed by atoms with van der Waals surface area (Å²) in [5.41, 5.74) is 0. The molecule has 1 rings (SSSR count). The Bertz CT molecular complexity index is 272. The second-order valence-corrected chi connectivity index (χ2v) is 3.47. The summed E-state index contributed by atoms with van der Waals surface area (Å²) in [5.74, 6) is -0.717. The van der Waals surface area contributed by atoms with Crippen LogP contribution in [0, 0.1) is 0 Å². The Morgan fingerprint density at radius 1 is 1.27 bits per heavy atom. The van der Waals surface area contributed by atoms with Crippen LogP contribution in [0.1, 0.15) is 39.5 Å². The summed E-state index contributed by atoms with van der Waals surface area (Å²) >= 11 is 0. The highest BCUT2D eigenvalue weighted by Gasteiger charge is 2.35. The molecular formula is C10H16N2O3. The van der Waals surface area contributed by atoms with Crippen molar-refractivity contribution < 1.29 is 14.4 Å². The van der Waals surface area contributed by atoms with E-state index in [1.54, 1.807) is 6.92 Å². The lowest BCUT2D eigenvalue weighted by Crippen LogP contribution is -2.49. The highest BCUT2D eigenvalue weighted by molar-refractivity contribution is 6.03. The molecule has 0 N–H and O–H groups in total. The van der Waals surface area contributed by atoms with Crippen LogP contribution >= 0.6 is 0 Å². The number of rotatable bonds is 4. The molecule has 1 aliphatic heterocycles. The first-order chi connectivity index (χ1) is 7.11. The monoisotopic (exact) mass is 212 g/mol. The van der Waals surface area contributed by atoms with E-state index in [1.165, 1.54) is 5.01 Å². The standard InChI is InChI=1S/C10H16N2O3/c1-3-7-11(8(13)4-2)12-9(14)5-6-10(12)15/h3-7H2,1-2H3. The van der Waals surface area contributed by atoms with Gasteiger partial charge in [0, 0.05) is 25.8 Å². The number of hydrogen-bond donors (Lipinski definition) is 0. The van der Waals surface area contributed by atoms with Crippen LogP contribution in [0.3, 0.4) is 0 Å². The molecule has 0 aromatic rings. The number of hydrazine groups is 1. The quantitative estimate of drug-likeness (QED) is 0.644. The smallest absolute Gasteiger partial charge is 0.248 e. The summed E-state index contributed by atoms with van der Waals surface area (Å²) in [6.07, 6.45) is 1.46. The molecule has 5 heteroatoms. The minimum atomic E-state index is -0.268. The molecule has 0 aromatic heterocycles. The molecule has 0 unspecified atom stereocenters. The van der Waals surface area contributed by atoms with E-state index in [-0.39, 0.29) is 30.6 Å². The minimum absolute atomic E-state index is 0.180. The van der Waals surface area contributed by atoms with Crippen LogP contribution in [0.4, 0.5) is 0 Å². The van der Waals surface area contributed by atoms with Gasteiger partial charge in [-0.3, -0.25) is 14.4 Å². The topological polar surface area (TPSA) is 57.7 Å². The maximum atomic E-state index is 11.6. The summed E-state index contributed by atoms with van der Waals surface area (Å²) in [7, 11) is 0. The number of imide groups is 1. The van der Waals surface area contributed by atoms with Gasteiger partial charge >= 0.3 is 0 Å². The first kappa shape index (κ1) is 11.7. The molecule has 0 saturated carbocycles. The van der Waals surface area contributed by atoms with E-state index in [0.717, 1.165) is 11.4 Å². The molecule has 5 nitrogen and oxygen atoms in total. The molecule has 0 aliphatic carbocycles. The highest BCUT2D eigenvalue weighted by atomic mass is 16.2. The van der Waals surface area contributed by atoms with E-state index >= 15 is 0 Å². The zero-order valence-electron chi connectivity index (χ0n) is 9.15. The maximum Gasteiger partial charge on any atom is 0.248 e. The number of hydrogen-bond acceptors (Lipinski definition) is 3. The molecule has 0 bridgehead atoms. The van der Waals surface area contributed by atoms with Gasteiger partial charge in [0.25, 0.3) is 0 Å². The number of carbonyl (C=O) groups is 3. The predicted octanol–water partition coefficient (Wildman–Crippen LogP) is 0.699. The lowest BCUT2D eigenvalue weighted by atomic mass is 10.4. The van der Waals surface area contributed by atoms with Crippen LogP contribution in [0.5, 0.6) is 0 Å². The Hall–Kier alpha value is -1.39. The fourth-order valence-electron chi connectivity index (χ4n) is 1.56. The second kappa shape index (κ2) is 4.91. The molecule has 1 aliphatic rings. The van der Waals surface area contributed by atoms with Crippen LogP contribution < -0.4 is 0 Å². The molecule has 0 aromatic carbocycles. The Morgan fingerprint density at radius 2 is 1.80 bits per heavy atom. The van der Waals surface area contributed by atoms with E-state index in [9.17, 15) is 14.4 Å². The molecule has 15 heavy (non-hydrogen) atoms. The van der Waals surface area contributed by atoms with E-state index in [4.69, 9.17) is 0 Å². The summed E-state index contributed by atoms with van der Waals surface area (Å²) in [5, 5.41) is 2.28. The summed E-state index contributed by atoms with van der Waals surface area (Å²) < 4.78 is 0. The summed E-state index contributed by atoms with van der Waals surface area (Å²) in [4.78, 5) is 34.4. The lowest BCUT2D eigenvalue weighted by Gasteiger charge is -2.29. The zero-order valence-corrected chi connectivity index (χ0v) is 9.15. The molecule has 1 heterocycles. The van der Waals surface area contributed by atoms with Crippen LogP contribution in [-0.4, -0.2) is 34.3 Å². The highest BCUT2D eigenvalue weighted by Crippen LogP contribution is 2.16. The van der Waals surface area contributed by atoms with Crippen LogP contribution in [0.2, 0.25) is 0 Å². The van der Waals surface area contributed by atoms with E-state index in [2.05, 4.69) is 0 Å². The number of amides is 3. The normalized spacial score (nSPS) is 16.0. The average molecular weight is 212 g/mol. The van der Waals surface area contributed by atoms with Gasteiger partial charge in [-0.1, -0.05) is 13.8 Å². The molecule has 0 atom stereocenters. The van der Waals surface area contributed by atoms with Gasteiger partial charge in [-0.25, -0.2) is 5.01 Å². The molecule has 1 saturated heterocycles. The van der Waals surface area contributed by atoms with Crippen molar-refractivity contribution in [1.82, 2.24) is 10.0 Å². The Kier molecular flexibility index (Phi) is 3.82. The van der Waals surface area contributed by atoms with Gasteiger partial charge in [-0.2, -0.15) is 5.01 Å². The third kappa shape index (κ3) is 2.34. The first-order valence-corrected chi connectivity index (χ1v) is 5.27. The van der Waals surface area contributed by atoms with Gasteiger partial charge in [0.1, 0.15) is 0 Å². The van der Waals surface area contributed by atoms with Gasteiger partial charge in [-0.15, -0.1) is 0 Å². The second-order valence-electron chi connectivity index (χ2n) is 3.47. The van der Waals surface area contributed by atoms with E-state index in [1.807, 2.05) is 6.92 Å². The van der Waals surface area contributed by atoms with Crippen molar-refractivity contribution in [3.8, 4) is 0 Å². The van der Waals surface area contributed by atoms with Crippen LogP contribution in [0.15, 0.2) is 0 Å². The predicted molar refractivity (Wildman–Crippen MR) is 53.4 cm³/mol. The van der Waals surface area contributed by atoms with Gasteiger partial charge in [-0.05, 0) is 6.42 Å². The van der Waals surface area contributed by atoms with Crippen molar-refractivity contribution in [2.75, 3.05) is 6.54 Å². The van der Waals surface area contributed by atoms with E-state index in [0.29, 0.717) is 13.0 Å². The first-order valence-electron chi connectivity index (χ1n) is 5.27. The minimum Gasteiger partial charge on any atom is -0.273 e. The fraction of sp³-hybridized carbons (Fsp3) is 0.700. The number of nitrogens with zero attached hydrogens (tertiary/aromatic N) is 2.